The van der Waals surface area contributed by atoms with Crippen molar-refractivity contribution in [3.8, 4) is 5.75 Å². The zero-order valence-electron chi connectivity index (χ0n) is 10.6. The van der Waals surface area contributed by atoms with Crippen LogP contribution in [0.25, 0.3) is 0 Å². The van der Waals surface area contributed by atoms with Crippen LogP contribution < -0.4 is 4.74 Å². The van der Waals surface area contributed by atoms with Gasteiger partial charge in [0.25, 0.3) is 5.92 Å². The maximum Gasteiger partial charge on any atom is 0.341 e. The van der Waals surface area contributed by atoms with Crippen LogP contribution >= 0.6 is 11.6 Å². The van der Waals surface area contributed by atoms with Crippen molar-refractivity contribution >= 4 is 17.6 Å². The monoisotopic (exact) mass is 290 g/mol. The van der Waals surface area contributed by atoms with E-state index in [4.69, 9.17) is 16.3 Å². The van der Waals surface area contributed by atoms with Crippen LogP contribution in [-0.2, 0) is 17.1 Å². The van der Waals surface area contributed by atoms with Crippen LogP contribution in [0.2, 0.25) is 5.02 Å². The Hall–Kier alpha value is -1.36. The number of carbonyl (C=O) groups excluding carboxylic acids is 1. The van der Waals surface area contributed by atoms with Crippen LogP contribution in [0.3, 0.4) is 0 Å². The van der Waals surface area contributed by atoms with Gasteiger partial charge in [0.1, 0.15) is 5.56 Å². The molecule has 0 unspecified atom stereocenters. The molecule has 1 aromatic carbocycles. The Labute approximate surface area is 114 Å². The molecule has 0 atom stereocenters. The number of methoxy groups -OCH3 is 2. The third-order valence-corrected chi connectivity index (χ3v) is 3.53. The largest absolute Gasteiger partial charge is 0.494 e. The molecule has 19 heavy (non-hydrogen) atoms. The number of carbonyl (C=O) groups is 1. The molecule has 2 rings (SSSR count). The summed E-state index contributed by atoms with van der Waals surface area (Å²) in [7, 11) is 2.52. The summed E-state index contributed by atoms with van der Waals surface area (Å²) in [5, 5.41) is -0.0109. The lowest BCUT2D eigenvalue weighted by atomic mass is 9.85. The zero-order valence-corrected chi connectivity index (χ0v) is 11.3. The summed E-state index contributed by atoms with van der Waals surface area (Å²) in [4.78, 5) is 11.8. The van der Waals surface area contributed by atoms with Crippen LogP contribution in [0.5, 0.6) is 5.75 Å². The fraction of sp³-hybridized carbons (Fsp3) is 0.462. The van der Waals surface area contributed by atoms with Gasteiger partial charge >= 0.3 is 5.97 Å². The molecule has 1 aromatic rings. The number of alkyl halides is 2. The highest BCUT2D eigenvalue weighted by Gasteiger charge is 2.40. The fourth-order valence-corrected chi connectivity index (χ4v) is 2.68. The highest BCUT2D eigenvalue weighted by molar-refractivity contribution is 6.32. The van der Waals surface area contributed by atoms with E-state index in [1.54, 1.807) is 0 Å². The highest BCUT2D eigenvalue weighted by Crippen LogP contribution is 2.46. The second-order valence-corrected chi connectivity index (χ2v) is 4.75. The molecule has 1 aliphatic carbocycles. The van der Waals surface area contributed by atoms with Gasteiger partial charge in [0, 0.05) is 12.0 Å². The predicted octanol–water partition coefficient (Wildman–Crippen LogP) is 3.56. The number of hydrogen-bond acceptors (Lipinski definition) is 3. The van der Waals surface area contributed by atoms with Crippen molar-refractivity contribution in [2.45, 2.75) is 25.2 Å². The van der Waals surface area contributed by atoms with Gasteiger partial charge in [-0.05, 0) is 24.5 Å². The molecule has 0 N–H and O–H groups in total. The van der Waals surface area contributed by atoms with Crippen molar-refractivity contribution in [3.05, 3.63) is 27.8 Å². The molecular weight excluding hydrogens is 278 g/mol. The molecule has 0 saturated carbocycles. The highest BCUT2D eigenvalue weighted by atomic mass is 35.5. The summed E-state index contributed by atoms with van der Waals surface area (Å²) in [5.74, 6) is -3.61. The molecule has 6 heteroatoms. The summed E-state index contributed by atoms with van der Waals surface area (Å²) in [6, 6.07) is 1.18. The van der Waals surface area contributed by atoms with Crippen LogP contribution in [0.1, 0.15) is 34.3 Å². The van der Waals surface area contributed by atoms with Crippen molar-refractivity contribution in [2.75, 3.05) is 14.2 Å². The Kier molecular flexibility index (Phi) is 3.67. The molecule has 0 spiro atoms. The van der Waals surface area contributed by atoms with Gasteiger partial charge in [-0.3, -0.25) is 0 Å². The molecule has 104 valence electrons. The average molecular weight is 291 g/mol. The lowest BCUT2D eigenvalue weighted by Gasteiger charge is -2.27. The molecule has 0 aliphatic heterocycles. The maximum atomic E-state index is 13.9. The van der Waals surface area contributed by atoms with Gasteiger partial charge in [-0.15, -0.1) is 0 Å². The van der Waals surface area contributed by atoms with Gasteiger partial charge in [-0.2, -0.15) is 0 Å². The summed E-state index contributed by atoms with van der Waals surface area (Å²) >= 11 is 5.93. The first kappa shape index (κ1) is 14.1. The molecule has 3 nitrogen and oxygen atoms in total. The quantitative estimate of drug-likeness (QED) is 0.781. The minimum atomic E-state index is -2.98. The normalized spacial score (nSPS) is 16.7. The van der Waals surface area contributed by atoms with Gasteiger partial charge in [0.05, 0.1) is 19.2 Å². The molecule has 0 saturated heterocycles. The Bertz CT molecular complexity index is 529. The van der Waals surface area contributed by atoms with E-state index in [1.165, 1.54) is 20.3 Å². The Morgan fingerprint density at radius 2 is 2.11 bits per heavy atom. The van der Waals surface area contributed by atoms with E-state index < -0.39 is 11.9 Å². The molecule has 0 bridgehead atoms. The minimum absolute atomic E-state index is 0.00637. The summed E-state index contributed by atoms with van der Waals surface area (Å²) < 4.78 is 37.5. The zero-order chi connectivity index (χ0) is 14.2. The fourth-order valence-electron chi connectivity index (χ4n) is 2.40. The predicted molar refractivity (Wildman–Crippen MR) is 66.2 cm³/mol. The smallest absolute Gasteiger partial charge is 0.341 e. The molecule has 0 fully saturated rings. The number of rotatable bonds is 2. The number of fused-ring (bicyclic) bond motifs is 1. The third-order valence-electron chi connectivity index (χ3n) is 3.25. The second kappa shape index (κ2) is 4.96. The van der Waals surface area contributed by atoms with Gasteiger partial charge in [0.15, 0.2) is 5.75 Å². The first-order chi connectivity index (χ1) is 8.92. The first-order valence-corrected chi connectivity index (χ1v) is 6.16. The molecule has 1 aliphatic rings. The first-order valence-electron chi connectivity index (χ1n) is 5.78. The van der Waals surface area contributed by atoms with Gasteiger partial charge in [-0.25, -0.2) is 13.6 Å². The second-order valence-electron chi connectivity index (χ2n) is 4.34. The van der Waals surface area contributed by atoms with Crippen LogP contribution in [-0.4, -0.2) is 20.2 Å². The van der Waals surface area contributed by atoms with Crippen LogP contribution in [0.15, 0.2) is 6.07 Å². The van der Waals surface area contributed by atoms with Gasteiger partial charge in [-0.1, -0.05) is 11.6 Å². The number of benzene rings is 1. The van der Waals surface area contributed by atoms with Crippen molar-refractivity contribution in [2.24, 2.45) is 0 Å². The summed E-state index contributed by atoms with van der Waals surface area (Å²) in [6.07, 6.45) is 0.431. The van der Waals surface area contributed by atoms with Crippen molar-refractivity contribution in [1.82, 2.24) is 0 Å². The van der Waals surface area contributed by atoms with Gasteiger partial charge in [0.2, 0.25) is 0 Å². The van der Waals surface area contributed by atoms with E-state index in [-0.39, 0.29) is 33.9 Å². The van der Waals surface area contributed by atoms with E-state index in [0.29, 0.717) is 12.8 Å². The molecular formula is C13H13ClF2O3. The number of esters is 1. The standard InChI is InChI=1S/C13H13ClF2O3/c1-18-11-9(14)6-8-7(10(11)12(17)19-2)4-3-5-13(8,15)16/h6H,3-5H2,1-2H3. The van der Waals surface area contributed by atoms with E-state index in [0.717, 1.165) is 0 Å². The van der Waals surface area contributed by atoms with E-state index in [2.05, 4.69) is 4.74 Å². The average Bonchev–Trinajstić information content (AvgIpc) is 2.37. The van der Waals surface area contributed by atoms with Crippen LogP contribution in [0.4, 0.5) is 8.78 Å². The minimum Gasteiger partial charge on any atom is -0.494 e. The summed E-state index contributed by atoms with van der Waals surface area (Å²) in [5.41, 5.74) is 0.0705. The Balaban J connectivity index is 2.75. The van der Waals surface area contributed by atoms with Gasteiger partial charge < -0.3 is 9.47 Å². The van der Waals surface area contributed by atoms with E-state index in [1.807, 2.05) is 0 Å². The SMILES string of the molecule is COC(=O)c1c2c(cc(Cl)c1OC)C(F)(F)CCC2. The van der Waals surface area contributed by atoms with Crippen molar-refractivity contribution in [3.63, 3.8) is 0 Å². The van der Waals surface area contributed by atoms with Crippen molar-refractivity contribution < 1.29 is 23.0 Å². The number of ether oxygens (including phenoxy) is 2. The maximum absolute atomic E-state index is 13.9. The molecule has 0 aromatic heterocycles. The Morgan fingerprint density at radius 3 is 2.68 bits per heavy atom. The van der Waals surface area contributed by atoms with Crippen molar-refractivity contribution in [1.29, 1.82) is 0 Å². The van der Waals surface area contributed by atoms with E-state index in [9.17, 15) is 13.6 Å². The lowest BCUT2D eigenvalue weighted by Crippen LogP contribution is -2.24. The topological polar surface area (TPSA) is 35.5 Å². The number of hydrogen-bond donors (Lipinski definition) is 0. The molecule has 0 radical (unpaired) electrons. The molecule has 0 heterocycles. The lowest BCUT2D eigenvalue weighted by molar-refractivity contribution is -0.0218. The van der Waals surface area contributed by atoms with E-state index >= 15 is 0 Å². The van der Waals surface area contributed by atoms with Crippen LogP contribution in [0, 0.1) is 0 Å². The Morgan fingerprint density at radius 1 is 1.42 bits per heavy atom. The summed E-state index contributed by atoms with van der Waals surface area (Å²) in [6.45, 7) is 0. The number of halogens is 3. The molecule has 0 amide bonds. The third kappa shape index (κ3) is 2.27.